The third-order valence-corrected chi connectivity index (χ3v) is 4.53. The maximum absolute atomic E-state index is 12.6. The summed E-state index contributed by atoms with van der Waals surface area (Å²) in [4.78, 5) is 18.9. The third kappa shape index (κ3) is 6.74. The van der Waals surface area contributed by atoms with E-state index < -0.39 is 0 Å². The van der Waals surface area contributed by atoms with E-state index >= 15 is 0 Å². The van der Waals surface area contributed by atoms with Gasteiger partial charge >= 0.3 is 0 Å². The van der Waals surface area contributed by atoms with Crippen molar-refractivity contribution in [2.45, 2.75) is 52.1 Å². The fraction of sp³-hybridized carbons (Fsp3) is 0.882. The van der Waals surface area contributed by atoms with Crippen LogP contribution >= 0.6 is 24.0 Å². The molecule has 1 aliphatic rings. The van der Waals surface area contributed by atoms with Crippen LogP contribution in [0.15, 0.2) is 4.99 Å². The molecular weight excluding hydrogens is 419 g/mol. The monoisotopic (exact) mass is 454 g/mol. The summed E-state index contributed by atoms with van der Waals surface area (Å²) in [6.45, 7) is 8.03. The van der Waals surface area contributed by atoms with Gasteiger partial charge in [0.05, 0.1) is 17.6 Å². The van der Waals surface area contributed by atoms with E-state index in [1.54, 1.807) is 12.0 Å². The van der Waals surface area contributed by atoms with Crippen LogP contribution in [0.4, 0.5) is 0 Å². The Kier molecular flexibility index (Phi) is 10.2. The molecule has 1 amide bonds. The van der Waals surface area contributed by atoms with Crippen LogP contribution < -0.4 is 10.6 Å². The maximum atomic E-state index is 12.6. The van der Waals surface area contributed by atoms with Gasteiger partial charge in [0.2, 0.25) is 5.91 Å². The van der Waals surface area contributed by atoms with E-state index in [4.69, 9.17) is 4.74 Å². The first-order chi connectivity index (χ1) is 10.8. The van der Waals surface area contributed by atoms with Crippen molar-refractivity contribution in [3.63, 3.8) is 0 Å². The number of carbonyl (C=O) groups excluding carboxylic acids is 1. The molecule has 1 fully saturated rings. The normalized spacial score (nSPS) is 17.2. The summed E-state index contributed by atoms with van der Waals surface area (Å²) in [6, 6.07) is 0. The zero-order valence-corrected chi connectivity index (χ0v) is 18.4. The van der Waals surface area contributed by atoms with Crippen molar-refractivity contribution in [2.75, 3.05) is 40.8 Å². The highest BCUT2D eigenvalue weighted by molar-refractivity contribution is 14.0. The second-order valence-electron chi connectivity index (χ2n) is 7.20. The molecule has 0 bridgehead atoms. The number of ether oxygens (including phenoxy) is 1. The maximum Gasteiger partial charge on any atom is 0.230 e. The largest absolute Gasteiger partial charge is 0.377 e. The van der Waals surface area contributed by atoms with E-state index in [9.17, 15) is 4.79 Å². The van der Waals surface area contributed by atoms with Crippen molar-refractivity contribution in [1.29, 1.82) is 0 Å². The van der Waals surface area contributed by atoms with Gasteiger partial charge in [-0.3, -0.25) is 9.79 Å². The van der Waals surface area contributed by atoms with Gasteiger partial charge < -0.3 is 20.3 Å². The molecule has 0 saturated heterocycles. The van der Waals surface area contributed by atoms with Crippen LogP contribution in [0.25, 0.3) is 0 Å². The van der Waals surface area contributed by atoms with Crippen molar-refractivity contribution < 1.29 is 9.53 Å². The minimum absolute atomic E-state index is 0. The Morgan fingerprint density at radius 3 is 2.29 bits per heavy atom. The van der Waals surface area contributed by atoms with Gasteiger partial charge in [0.15, 0.2) is 5.96 Å². The Labute approximate surface area is 164 Å². The minimum Gasteiger partial charge on any atom is -0.377 e. The molecule has 24 heavy (non-hydrogen) atoms. The van der Waals surface area contributed by atoms with Crippen LogP contribution in [0, 0.1) is 5.41 Å². The Hall–Kier alpha value is -0.570. The van der Waals surface area contributed by atoms with Crippen LogP contribution in [0.5, 0.6) is 0 Å². The Morgan fingerprint density at radius 2 is 1.83 bits per heavy atom. The molecule has 0 spiro atoms. The minimum atomic E-state index is -0.299. The fourth-order valence-electron chi connectivity index (χ4n) is 2.92. The molecule has 1 rings (SSSR count). The van der Waals surface area contributed by atoms with Gasteiger partial charge in [0.1, 0.15) is 0 Å². The third-order valence-electron chi connectivity index (χ3n) is 4.53. The van der Waals surface area contributed by atoms with Gasteiger partial charge in [-0.1, -0.05) is 12.8 Å². The first kappa shape index (κ1) is 23.4. The molecule has 2 N–H and O–H groups in total. The zero-order chi connectivity index (χ0) is 17.5. The number of halogens is 1. The molecule has 0 heterocycles. The molecule has 0 radical (unpaired) electrons. The number of guanidine groups is 1. The average Bonchev–Trinajstić information content (AvgIpc) is 2.99. The van der Waals surface area contributed by atoms with E-state index in [-0.39, 0.29) is 40.9 Å². The summed E-state index contributed by atoms with van der Waals surface area (Å²) in [5.41, 5.74) is -0.594. The summed E-state index contributed by atoms with van der Waals surface area (Å²) in [6.07, 6.45) is 4.12. The van der Waals surface area contributed by atoms with Crippen LogP contribution in [0.3, 0.4) is 0 Å². The number of aliphatic imine (C=N–C) groups is 1. The lowest BCUT2D eigenvalue weighted by Gasteiger charge is -2.31. The van der Waals surface area contributed by atoms with Crippen LogP contribution in [-0.2, 0) is 9.53 Å². The van der Waals surface area contributed by atoms with Crippen LogP contribution in [-0.4, -0.2) is 63.2 Å². The number of amides is 1. The quantitative estimate of drug-likeness (QED) is 0.352. The summed E-state index contributed by atoms with van der Waals surface area (Å²) in [7, 11) is 5.37. The number of nitrogens with one attached hydrogen (secondary N) is 2. The van der Waals surface area contributed by atoms with Crippen molar-refractivity contribution >= 4 is 35.8 Å². The SMILES string of the molecule is CCNC(=NCC(C)(C)OC)NCC1(C(=O)N(C)C)CCCC1.I. The lowest BCUT2D eigenvalue weighted by molar-refractivity contribution is -0.138. The van der Waals surface area contributed by atoms with Gasteiger partial charge in [-0.15, -0.1) is 24.0 Å². The average molecular weight is 454 g/mol. The molecule has 1 aliphatic carbocycles. The van der Waals surface area contributed by atoms with Crippen molar-refractivity contribution in [3.05, 3.63) is 0 Å². The number of carbonyl (C=O) groups is 1. The number of hydrogen-bond acceptors (Lipinski definition) is 3. The highest BCUT2D eigenvalue weighted by Crippen LogP contribution is 2.38. The van der Waals surface area contributed by atoms with E-state index in [0.717, 1.165) is 38.2 Å². The highest BCUT2D eigenvalue weighted by Gasteiger charge is 2.42. The van der Waals surface area contributed by atoms with Gasteiger partial charge in [-0.2, -0.15) is 0 Å². The Balaban J connectivity index is 0.00000529. The second-order valence-corrected chi connectivity index (χ2v) is 7.20. The molecule has 0 atom stereocenters. The molecule has 7 heteroatoms. The number of nitrogens with zero attached hydrogens (tertiary/aromatic N) is 2. The molecule has 0 aromatic heterocycles. The van der Waals surface area contributed by atoms with Crippen molar-refractivity contribution in [1.82, 2.24) is 15.5 Å². The standard InChI is InChI=1S/C17H34N4O2.HI/c1-7-18-15(19-12-16(2,3)23-6)20-13-17(10-8-9-11-17)14(22)21(4)5;/h7-13H2,1-6H3,(H2,18,19,20);1H. The van der Waals surface area contributed by atoms with E-state index in [0.29, 0.717) is 13.1 Å². The lowest BCUT2D eigenvalue weighted by atomic mass is 9.84. The van der Waals surface area contributed by atoms with Gasteiger partial charge in [0.25, 0.3) is 0 Å². The topological polar surface area (TPSA) is 66.0 Å². The molecule has 0 aromatic carbocycles. The fourth-order valence-corrected chi connectivity index (χ4v) is 2.92. The Bertz CT molecular complexity index is 419. The number of hydrogen-bond donors (Lipinski definition) is 2. The molecule has 1 saturated carbocycles. The number of methoxy groups -OCH3 is 1. The number of rotatable bonds is 7. The lowest BCUT2D eigenvalue weighted by Crippen LogP contribution is -2.49. The summed E-state index contributed by atoms with van der Waals surface area (Å²) in [5.74, 6) is 0.964. The molecule has 0 aromatic rings. The Morgan fingerprint density at radius 1 is 1.25 bits per heavy atom. The predicted molar refractivity (Wildman–Crippen MR) is 110 cm³/mol. The first-order valence-electron chi connectivity index (χ1n) is 8.55. The highest BCUT2D eigenvalue weighted by atomic mass is 127. The molecular formula is C17H35IN4O2. The summed E-state index contributed by atoms with van der Waals surface area (Å²) >= 11 is 0. The van der Waals surface area contributed by atoms with Crippen molar-refractivity contribution in [3.8, 4) is 0 Å². The molecule has 0 aliphatic heterocycles. The molecule has 142 valence electrons. The molecule has 0 unspecified atom stereocenters. The van der Waals surface area contributed by atoms with Crippen molar-refractivity contribution in [2.24, 2.45) is 10.4 Å². The van der Waals surface area contributed by atoms with Gasteiger partial charge in [-0.05, 0) is 33.6 Å². The van der Waals surface area contributed by atoms with Crippen LogP contribution in [0.2, 0.25) is 0 Å². The first-order valence-corrected chi connectivity index (χ1v) is 8.55. The predicted octanol–water partition coefficient (Wildman–Crippen LogP) is 2.23. The smallest absolute Gasteiger partial charge is 0.230 e. The zero-order valence-electron chi connectivity index (χ0n) is 16.1. The van der Waals surface area contributed by atoms with Gasteiger partial charge in [-0.25, -0.2) is 0 Å². The van der Waals surface area contributed by atoms with E-state index in [1.165, 1.54) is 0 Å². The van der Waals surface area contributed by atoms with Gasteiger partial charge in [0, 0.05) is 34.3 Å². The summed E-state index contributed by atoms with van der Waals surface area (Å²) in [5, 5.41) is 6.62. The summed E-state index contributed by atoms with van der Waals surface area (Å²) < 4.78 is 5.41. The van der Waals surface area contributed by atoms with E-state index in [2.05, 4.69) is 15.6 Å². The second kappa shape index (κ2) is 10.4. The van der Waals surface area contributed by atoms with E-state index in [1.807, 2.05) is 34.9 Å². The van der Waals surface area contributed by atoms with Crippen LogP contribution in [0.1, 0.15) is 46.5 Å². The molecule has 6 nitrogen and oxygen atoms in total.